The average molecular weight is 197 g/mol. The van der Waals surface area contributed by atoms with E-state index in [1.807, 2.05) is 13.8 Å². The first-order valence-corrected chi connectivity index (χ1v) is 4.83. The fraction of sp³-hybridized carbons (Fsp3) is 0.818. The molecule has 1 rings (SSSR count). The van der Waals surface area contributed by atoms with E-state index in [4.69, 9.17) is 15.9 Å². The summed E-state index contributed by atoms with van der Waals surface area (Å²) in [7, 11) is 3.42. The summed E-state index contributed by atoms with van der Waals surface area (Å²) >= 11 is 0. The van der Waals surface area contributed by atoms with Gasteiger partial charge in [0.1, 0.15) is 0 Å². The molecule has 0 saturated carbocycles. The van der Waals surface area contributed by atoms with Gasteiger partial charge in [-0.1, -0.05) is 5.92 Å². The summed E-state index contributed by atoms with van der Waals surface area (Å²) in [5.74, 6) is 2.79. The van der Waals surface area contributed by atoms with Crippen molar-refractivity contribution in [2.45, 2.75) is 31.6 Å². The van der Waals surface area contributed by atoms with Crippen LogP contribution in [0.5, 0.6) is 0 Å². The Balaban J connectivity index is 2.67. The second-order valence-electron chi connectivity index (χ2n) is 4.16. The third-order valence-corrected chi connectivity index (χ3v) is 2.96. The number of likely N-dealkylation sites (tertiary alicyclic amines) is 1. The van der Waals surface area contributed by atoms with Crippen LogP contribution >= 0.6 is 0 Å². The molecule has 2 atom stereocenters. The van der Waals surface area contributed by atoms with Gasteiger partial charge in [-0.3, -0.25) is 4.90 Å². The summed E-state index contributed by atoms with van der Waals surface area (Å²) in [5.41, 5.74) is -0.218. The molecule has 0 aromatic rings. The molecule has 0 aliphatic carbocycles. The minimum atomic E-state index is -0.218. The molecule has 0 aromatic heterocycles. The Morgan fingerprint density at radius 2 is 1.64 bits per heavy atom. The van der Waals surface area contributed by atoms with E-state index in [1.165, 1.54) is 0 Å². The van der Waals surface area contributed by atoms with E-state index in [9.17, 15) is 0 Å². The highest BCUT2D eigenvalue weighted by molar-refractivity contribution is 5.11. The van der Waals surface area contributed by atoms with Crippen LogP contribution in [-0.2, 0) is 9.47 Å². The van der Waals surface area contributed by atoms with E-state index >= 15 is 0 Å². The number of methoxy groups -OCH3 is 2. The molecule has 1 fully saturated rings. The molecule has 1 saturated heterocycles. The van der Waals surface area contributed by atoms with Crippen LogP contribution < -0.4 is 0 Å². The van der Waals surface area contributed by atoms with Crippen molar-refractivity contribution in [3.63, 3.8) is 0 Å². The van der Waals surface area contributed by atoms with Crippen molar-refractivity contribution < 1.29 is 9.47 Å². The van der Waals surface area contributed by atoms with Gasteiger partial charge in [0, 0.05) is 27.3 Å². The highest BCUT2D eigenvalue weighted by atomic mass is 16.5. The van der Waals surface area contributed by atoms with Crippen LogP contribution in [0.1, 0.15) is 13.8 Å². The second kappa shape index (κ2) is 4.31. The van der Waals surface area contributed by atoms with Crippen LogP contribution in [0, 0.1) is 12.3 Å². The maximum absolute atomic E-state index is 5.49. The van der Waals surface area contributed by atoms with Crippen molar-refractivity contribution in [2.75, 3.05) is 27.3 Å². The highest BCUT2D eigenvalue weighted by Gasteiger charge is 2.39. The largest absolute Gasteiger partial charge is 0.377 e. The number of rotatable bonds is 3. The van der Waals surface area contributed by atoms with Gasteiger partial charge < -0.3 is 9.47 Å². The Morgan fingerprint density at radius 1 is 1.21 bits per heavy atom. The molecule has 0 spiro atoms. The molecule has 80 valence electrons. The predicted molar refractivity (Wildman–Crippen MR) is 56.1 cm³/mol. The van der Waals surface area contributed by atoms with Crippen LogP contribution in [0.4, 0.5) is 0 Å². The summed E-state index contributed by atoms with van der Waals surface area (Å²) in [5, 5.41) is 0. The lowest BCUT2D eigenvalue weighted by Gasteiger charge is -2.30. The van der Waals surface area contributed by atoms with E-state index in [0.717, 1.165) is 13.1 Å². The van der Waals surface area contributed by atoms with Crippen molar-refractivity contribution in [3.8, 4) is 12.3 Å². The predicted octanol–water partition coefficient (Wildman–Crippen LogP) is 0.744. The first kappa shape index (κ1) is 11.5. The van der Waals surface area contributed by atoms with Crippen LogP contribution in [0.2, 0.25) is 0 Å². The van der Waals surface area contributed by atoms with E-state index in [0.29, 0.717) is 0 Å². The summed E-state index contributed by atoms with van der Waals surface area (Å²) in [6.07, 6.45) is 5.75. The molecule has 1 aliphatic heterocycles. The third kappa shape index (κ3) is 2.09. The monoisotopic (exact) mass is 197 g/mol. The smallest absolute Gasteiger partial charge is 0.0972 e. The molecule has 3 heteroatoms. The fourth-order valence-electron chi connectivity index (χ4n) is 1.74. The average Bonchev–Trinajstić information content (AvgIpc) is 2.61. The van der Waals surface area contributed by atoms with Crippen molar-refractivity contribution in [2.24, 2.45) is 0 Å². The third-order valence-electron chi connectivity index (χ3n) is 2.96. The lowest BCUT2D eigenvalue weighted by molar-refractivity contribution is -0.00461. The van der Waals surface area contributed by atoms with Gasteiger partial charge in [0.05, 0.1) is 17.7 Å². The van der Waals surface area contributed by atoms with Crippen molar-refractivity contribution in [1.82, 2.24) is 4.90 Å². The molecule has 1 aliphatic rings. The summed E-state index contributed by atoms with van der Waals surface area (Å²) in [6, 6.07) is 0. The molecule has 0 unspecified atom stereocenters. The van der Waals surface area contributed by atoms with Crippen molar-refractivity contribution in [1.29, 1.82) is 0 Å². The standard InChI is InChI=1S/C11H19NO2/c1-6-11(2,3)12-7-9(13-4)10(8-12)14-5/h1,9-10H,7-8H2,2-5H3/t9-,10+. The molecule has 0 radical (unpaired) electrons. The Morgan fingerprint density at radius 3 is 1.93 bits per heavy atom. The van der Waals surface area contributed by atoms with E-state index < -0.39 is 0 Å². The van der Waals surface area contributed by atoms with Crippen LogP contribution in [-0.4, -0.2) is 50.0 Å². The van der Waals surface area contributed by atoms with Gasteiger partial charge in [-0.15, -0.1) is 6.42 Å². The first-order chi connectivity index (χ1) is 6.55. The van der Waals surface area contributed by atoms with Gasteiger partial charge in [0.15, 0.2) is 0 Å². The number of hydrogen-bond acceptors (Lipinski definition) is 3. The highest BCUT2D eigenvalue weighted by Crippen LogP contribution is 2.23. The van der Waals surface area contributed by atoms with E-state index in [-0.39, 0.29) is 17.7 Å². The number of nitrogens with zero attached hydrogens (tertiary/aromatic N) is 1. The van der Waals surface area contributed by atoms with Gasteiger partial charge in [-0.2, -0.15) is 0 Å². The zero-order valence-electron chi connectivity index (χ0n) is 9.41. The quantitative estimate of drug-likeness (QED) is 0.623. The molecule has 14 heavy (non-hydrogen) atoms. The Hall–Kier alpha value is -0.560. The zero-order valence-corrected chi connectivity index (χ0v) is 9.41. The van der Waals surface area contributed by atoms with Crippen LogP contribution in [0.15, 0.2) is 0 Å². The number of hydrogen-bond donors (Lipinski definition) is 0. The second-order valence-corrected chi connectivity index (χ2v) is 4.16. The maximum atomic E-state index is 5.49. The van der Waals surface area contributed by atoms with E-state index in [2.05, 4.69) is 10.8 Å². The Labute approximate surface area is 86.4 Å². The normalized spacial score (nSPS) is 29.1. The van der Waals surface area contributed by atoms with Crippen LogP contribution in [0.3, 0.4) is 0 Å². The minimum Gasteiger partial charge on any atom is -0.377 e. The molecule has 1 heterocycles. The van der Waals surface area contributed by atoms with Crippen LogP contribution in [0.25, 0.3) is 0 Å². The fourth-order valence-corrected chi connectivity index (χ4v) is 1.74. The maximum Gasteiger partial charge on any atom is 0.0972 e. The summed E-state index contributed by atoms with van der Waals surface area (Å²) < 4.78 is 10.7. The van der Waals surface area contributed by atoms with Gasteiger partial charge in [-0.05, 0) is 13.8 Å². The number of terminal acetylenes is 1. The molecule has 0 N–H and O–H groups in total. The SMILES string of the molecule is C#CC(C)(C)N1C[C@H](OC)[C@H](OC)C1. The molecule has 0 aromatic carbocycles. The molecular weight excluding hydrogens is 178 g/mol. The van der Waals surface area contributed by atoms with Gasteiger partial charge >= 0.3 is 0 Å². The van der Waals surface area contributed by atoms with Crippen molar-refractivity contribution >= 4 is 0 Å². The Bertz CT molecular complexity index is 220. The summed E-state index contributed by atoms with van der Waals surface area (Å²) in [4.78, 5) is 2.22. The zero-order chi connectivity index (χ0) is 10.8. The molecular formula is C11H19NO2. The van der Waals surface area contributed by atoms with Gasteiger partial charge in [0.25, 0.3) is 0 Å². The van der Waals surface area contributed by atoms with E-state index in [1.54, 1.807) is 14.2 Å². The topological polar surface area (TPSA) is 21.7 Å². The first-order valence-electron chi connectivity index (χ1n) is 4.83. The minimum absolute atomic E-state index is 0.132. The number of ether oxygens (including phenoxy) is 2. The lowest BCUT2D eigenvalue weighted by Crippen LogP contribution is -2.41. The molecule has 0 amide bonds. The Kier molecular flexibility index (Phi) is 3.54. The van der Waals surface area contributed by atoms with Gasteiger partial charge in [-0.25, -0.2) is 0 Å². The molecule has 3 nitrogen and oxygen atoms in total. The summed E-state index contributed by atoms with van der Waals surface area (Å²) in [6.45, 7) is 5.76. The van der Waals surface area contributed by atoms with Gasteiger partial charge in [0.2, 0.25) is 0 Å². The lowest BCUT2D eigenvalue weighted by atomic mass is 10.1. The molecule has 0 bridgehead atoms. The van der Waals surface area contributed by atoms with Crippen molar-refractivity contribution in [3.05, 3.63) is 0 Å².